The standard InChI is InChI=1S/C17H30N4O/c18-9-5-4-8-17(16(19)22)10-15(12-20-13-17)21-11-14-6-2-1-3-7-14/h10,12,14,21H,1-9,11,13,18H2,(H2,19,22). The van der Waals surface area contributed by atoms with Crippen LogP contribution in [0.25, 0.3) is 0 Å². The van der Waals surface area contributed by atoms with Crippen molar-refractivity contribution < 1.29 is 4.79 Å². The predicted octanol–water partition coefficient (Wildman–Crippen LogP) is 1.73. The largest absolute Gasteiger partial charge is 0.384 e. The molecule has 5 N–H and O–H groups in total. The highest BCUT2D eigenvalue weighted by atomic mass is 16.1. The maximum atomic E-state index is 12.0. The predicted molar refractivity (Wildman–Crippen MR) is 90.6 cm³/mol. The molecule has 1 saturated carbocycles. The third kappa shape index (κ3) is 4.57. The maximum Gasteiger partial charge on any atom is 0.229 e. The number of nitrogens with zero attached hydrogens (tertiary/aromatic N) is 1. The van der Waals surface area contributed by atoms with Crippen LogP contribution in [0, 0.1) is 11.3 Å². The molecule has 5 heteroatoms. The number of rotatable bonds is 8. The van der Waals surface area contributed by atoms with Crippen molar-refractivity contribution in [1.82, 2.24) is 5.32 Å². The number of carbonyl (C=O) groups excluding carboxylic acids is 1. The summed E-state index contributed by atoms with van der Waals surface area (Å²) in [6, 6.07) is 0. The van der Waals surface area contributed by atoms with E-state index in [4.69, 9.17) is 11.5 Å². The molecule has 0 aromatic heterocycles. The topological polar surface area (TPSA) is 93.5 Å². The van der Waals surface area contributed by atoms with E-state index in [0.29, 0.717) is 13.1 Å². The molecule has 2 aliphatic rings. The van der Waals surface area contributed by atoms with Crippen LogP contribution in [0.5, 0.6) is 0 Å². The summed E-state index contributed by atoms with van der Waals surface area (Å²) in [6.45, 7) is 2.08. The van der Waals surface area contributed by atoms with Crippen LogP contribution in [-0.4, -0.2) is 31.8 Å². The molecule has 22 heavy (non-hydrogen) atoms. The fraction of sp³-hybridized carbons (Fsp3) is 0.765. The van der Waals surface area contributed by atoms with E-state index < -0.39 is 5.41 Å². The summed E-state index contributed by atoms with van der Waals surface area (Å²) < 4.78 is 0. The van der Waals surface area contributed by atoms with Crippen LogP contribution >= 0.6 is 0 Å². The minimum absolute atomic E-state index is 0.279. The van der Waals surface area contributed by atoms with Crippen molar-refractivity contribution in [3.63, 3.8) is 0 Å². The molecule has 1 aliphatic heterocycles. The molecule has 1 heterocycles. The number of allylic oxidation sites excluding steroid dienone is 1. The average molecular weight is 306 g/mol. The Balaban J connectivity index is 1.94. The molecular formula is C17H30N4O. The molecule has 5 nitrogen and oxygen atoms in total. The Morgan fingerprint density at radius 1 is 1.32 bits per heavy atom. The highest BCUT2D eigenvalue weighted by molar-refractivity contribution is 5.88. The Kier molecular flexibility index (Phi) is 6.43. The quantitative estimate of drug-likeness (QED) is 0.596. The molecule has 124 valence electrons. The van der Waals surface area contributed by atoms with Gasteiger partial charge in [0.2, 0.25) is 5.91 Å². The minimum Gasteiger partial charge on any atom is -0.384 e. The van der Waals surface area contributed by atoms with E-state index in [9.17, 15) is 4.79 Å². The number of hydrogen-bond acceptors (Lipinski definition) is 4. The van der Waals surface area contributed by atoms with Crippen LogP contribution in [0.15, 0.2) is 16.8 Å². The Morgan fingerprint density at radius 3 is 2.77 bits per heavy atom. The van der Waals surface area contributed by atoms with Crippen molar-refractivity contribution in [2.45, 2.75) is 51.4 Å². The van der Waals surface area contributed by atoms with E-state index in [2.05, 4.69) is 10.3 Å². The van der Waals surface area contributed by atoms with Crippen molar-refractivity contribution in [2.24, 2.45) is 27.8 Å². The van der Waals surface area contributed by atoms with Crippen LogP contribution in [-0.2, 0) is 4.79 Å². The smallest absolute Gasteiger partial charge is 0.229 e. The molecule has 2 rings (SSSR count). The number of primary amides is 1. The Morgan fingerprint density at radius 2 is 2.09 bits per heavy atom. The zero-order valence-corrected chi connectivity index (χ0v) is 13.5. The number of nitrogens with two attached hydrogens (primary N) is 2. The van der Waals surface area contributed by atoms with E-state index in [0.717, 1.165) is 37.4 Å². The lowest BCUT2D eigenvalue weighted by Gasteiger charge is -2.30. The fourth-order valence-corrected chi connectivity index (χ4v) is 3.45. The molecule has 1 atom stereocenters. The maximum absolute atomic E-state index is 12.0. The normalized spacial score (nSPS) is 25.8. The summed E-state index contributed by atoms with van der Waals surface area (Å²) in [5, 5.41) is 3.47. The van der Waals surface area contributed by atoms with Gasteiger partial charge in [-0.2, -0.15) is 0 Å². The first-order chi connectivity index (χ1) is 10.7. The van der Waals surface area contributed by atoms with Gasteiger partial charge in [-0.3, -0.25) is 9.79 Å². The number of carbonyl (C=O) groups is 1. The summed E-state index contributed by atoms with van der Waals surface area (Å²) in [6.07, 6.45) is 13.0. The average Bonchev–Trinajstić information content (AvgIpc) is 2.54. The second kappa shape index (κ2) is 8.32. The van der Waals surface area contributed by atoms with Crippen LogP contribution < -0.4 is 16.8 Å². The minimum atomic E-state index is -0.640. The Labute approximate surface area is 133 Å². The van der Waals surface area contributed by atoms with Gasteiger partial charge in [-0.25, -0.2) is 0 Å². The molecule has 0 bridgehead atoms. The number of dihydropyridines is 1. The molecule has 0 saturated heterocycles. The second-order valence-corrected chi connectivity index (χ2v) is 6.72. The van der Waals surface area contributed by atoms with Gasteiger partial charge in [-0.15, -0.1) is 0 Å². The van der Waals surface area contributed by atoms with Crippen molar-refractivity contribution in [2.75, 3.05) is 19.6 Å². The number of nitrogens with one attached hydrogen (secondary N) is 1. The monoisotopic (exact) mass is 306 g/mol. The summed E-state index contributed by atoms with van der Waals surface area (Å²) in [4.78, 5) is 16.4. The molecule has 0 aromatic rings. The summed E-state index contributed by atoms with van der Waals surface area (Å²) in [5.74, 6) is 0.462. The number of hydrogen-bond donors (Lipinski definition) is 3. The van der Waals surface area contributed by atoms with E-state index in [1.54, 1.807) is 0 Å². The van der Waals surface area contributed by atoms with Gasteiger partial charge < -0.3 is 16.8 Å². The van der Waals surface area contributed by atoms with Gasteiger partial charge in [-0.05, 0) is 44.2 Å². The fourth-order valence-electron chi connectivity index (χ4n) is 3.45. The van der Waals surface area contributed by atoms with E-state index >= 15 is 0 Å². The third-order valence-corrected chi connectivity index (χ3v) is 4.92. The van der Waals surface area contributed by atoms with Crippen LogP contribution in [0.3, 0.4) is 0 Å². The number of unbranched alkanes of at least 4 members (excludes halogenated alkanes) is 1. The summed E-state index contributed by atoms with van der Waals surface area (Å²) >= 11 is 0. The lowest BCUT2D eigenvalue weighted by atomic mass is 9.80. The molecule has 1 fully saturated rings. The van der Waals surface area contributed by atoms with Gasteiger partial charge in [0.05, 0.1) is 12.0 Å². The molecule has 0 radical (unpaired) electrons. The Bertz CT molecular complexity index is 426. The van der Waals surface area contributed by atoms with Crippen LogP contribution in [0.1, 0.15) is 51.4 Å². The first-order valence-corrected chi connectivity index (χ1v) is 8.63. The summed E-state index contributed by atoms with van der Waals surface area (Å²) in [7, 11) is 0. The Hall–Kier alpha value is -1.36. The SMILES string of the molecule is NCCCCC1(C(N)=O)C=C(NCC2CCCCC2)C=NC1. The van der Waals surface area contributed by atoms with Gasteiger partial charge in [0.25, 0.3) is 0 Å². The zero-order chi connectivity index (χ0) is 15.8. The zero-order valence-electron chi connectivity index (χ0n) is 13.5. The number of aliphatic imine (C=N–C) groups is 1. The number of amides is 1. The van der Waals surface area contributed by atoms with Gasteiger partial charge in [0.15, 0.2) is 0 Å². The van der Waals surface area contributed by atoms with Gasteiger partial charge in [0.1, 0.15) is 0 Å². The molecule has 0 spiro atoms. The van der Waals surface area contributed by atoms with Gasteiger partial charge in [-0.1, -0.05) is 25.7 Å². The molecule has 1 unspecified atom stereocenters. The van der Waals surface area contributed by atoms with Crippen LogP contribution in [0.4, 0.5) is 0 Å². The van der Waals surface area contributed by atoms with E-state index in [-0.39, 0.29) is 5.91 Å². The lowest BCUT2D eigenvalue weighted by Crippen LogP contribution is -2.41. The van der Waals surface area contributed by atoms with Gasteiger partial charge in [0, 0.05) is 18.5 Å². The van der Waals surface area contributed by atoms with Crippen molar-refractivity contribution in [3.8, 4) is 0 Å². The third-order valence-electron chi connectivity index (χ3n) is 4.92. The highest BCUT2D eigenvalue weighted by Crippen LogP contribution is 2.30. The summed E-state index contributed by atoms with van der Waals surface area (Å²) in [5.41, 5.74) is 11.5. The van der Waals surface area contributed by atoms with Crippen LogP contribution in [0.2, 0.25) is 0 Å². The first kappa shape index (κ1) is 17.0. The van der Waals surface area contributed by atoms with Crippen molar-refractivity contribution in [3.05, 3.63) is 11.8 Å². The van der Waals surface area contributed by atoms with E-state index in [1.165, 1.54) is 32.1 Å². The van der Waals surface area contributed by atoms with Crippen molar-refractivity contribution >= 4 is 12.1 Å². The van der Waals surface area contributed by atoms with Crippen molar-refractivity contribution in [1.29, 1.82) is 0 Å². The highest BCUT2D eigenvalue weighted by Gasteiger charge is 2.35. The molecule has 0 aromatic carbocycles. The lowest BCUT2D eigenvalue weighted by molar-refractivity contribution is -0.125. The molecular weight excluding hydrogens is 276 g/mol. The van der Waals surface area contributed by atoms with E-state index in [1.807, 2.05) is 12.3 Å². The second-order valence-electron chi connectivity index (χ2n) is 6.72. The van der Waals surface area contributed by atoms with Gasteiger partial charge >= 0.3 is 0 Å². The molecule has 1 amide bonds. The molecule has 1 aliphatic carbocycles. The first-order valence-electron chi connectivity index (χ1n) is 8.63.